The molecule has 8 rings (SSSR count). The SMILES string of the molecule is CC1(c2cccc(NS(C)(=O)=O)c2)C2CN(C(=O)CCCc3ccccc3)CC21.CC1(c2cccc(NS(C)(=O)=O)c2)C2CN(CCCCc3ccccc3)CC21.[AlH3].[H-].[Li+]. The first-order valence-electron chi connectivity index (χ1n) is 20.4. The van der Waals surface area contributed by atoms with Crippen molar-refractivity contribution in [2.24, 2.45) is 23.7 Å². The minimum Gasteiger partial charge on any atom is -1.00 e. The fourth-order valence-electron chi connectivity index (χ4n) is 9.91. The minimum atomic E-state index is -3.29. The van der Waals surface area contributed by atoms with Gasteiger partial charge in [0, 0.05) is 54.8 Å². The molecule has 4 unspecified atom stereocenters. The molecule has 13 heteroatoms. The van der Waals surface area contributed by atoms with E-state index in [1.807, 2.05) is 53.4 Å². The summed E-state index contributed by atoms with van der Waals surface area (Å²) in [5, 5.41) is 0. The second kappa shape index (κ2) is 19.3. The van der Waals surface area contributed by atoms with Crippen molar-refractivity contribution in [3.63, 3.8) is 0 Å². The predicted molar refractivity (Wildman–Crippen MR) is 241 cm³/mol. The Kier molecular flexibility index (Phi) is 15.4. The van der Waals surface area contributed by atoms with Crippen LogP contribution in [0, 0.1) is 23.7 Å². The first-order valence-corrected chi connectivity index (χ1v) is 24.2. The van der Waals surface area contributed by atoms with Crippen molar-refractivity contribution in [3.05, 3.63) is 131 Å². The van der Waals surface area contributed by atoms with E-state index in [1.54, 1.807) is 6.07 Å². The number of carbonyl (C=O) groups is 1. The van der Waals surface area contributed by atoms with Gasteiger partial charge in [-0.15, -0.1) is 0 Å². The number of amides is 1. The van der Waals surface area contributed by atoms with Gasteiger partial charge in [0.25, 0.3) is 0 Å². The number of fused-ring (bicyclic) bond motifs is 2. The van der Waals surface area contributed by atoms with Crippen molar-refractivity contribution in [1.82, 2.24) is 9.80 Å². The Morgan fingerprint density at radius 1 is 0.627 bits per heavy atom. The summed E-state index contributed by atoms with van der Waals surface area (Å²) in [5.74, 6) is 2.54. The maximum Gasteiger partial charge on any atom is 1.00 e. The van der Waals surface area contributed by atoms with Gasteiger partial charge in [0.05, 0.1) is 12.5 Å². The smallest absolute Gasteiger partial charge is 1.00 e. The normalized spacial score (nSPS) is 25.3. The molecule has 2 N–H and O–H groups in total. The summed E-state index contributed by atoms with van der Waals surface area (Å²) >= 11 is 0. The topological polar surface area (TPSA) is 116 Å². The summed E-state index contributed by atoms with van der Waals surface area (Å²) in [6, 6.07) is 36.6. The number of unbranched alkanes of at least 4 members (excludes halogenated alkanes) is 1. The number of nitrogens with zero attached hydrogens (tertiary/aromatic N) is 2. The van der Waals surface area contributed by atoms with E-state index in [4.69, 9.17) is 0 Å². The number of anilines is 2. The van der Waals surface area contributed by atoms with Crippen molar-refractivity contribution < 1.29 is 41.9 Å². The van der Waals surface area contributed by atoms with Gasteiger partial charge in [0.1, 0.15) is 0 Å². The molecule has 59 heavy (non-hydrogen) atoms. The van der Waals surface area contributed by atoms with E-state index in [-0.39, 0.29) is 54.4 Å². The number of rotatable bonds is 15. The second-order valence-corrected chi connectivity index (χ2v) is 20.7. The number of carbonyl (C=O) groups excluding carboxylic acids is 1. The number of aryl methyl sites for hydroxylation is 2. The molecule has 2 saturated heterocycles. The molecule has 2 aliphatic carbocycles. The summed E-state index contributed by atoms with van der Waals surface area (Å²) in [4.78, 5) is 17.2. The fourth-order valence-corrected chi connectivity index (χ4v) is 11.0. The Bertz CT molecular complexity index is 2250. The summed E-state index contributed by atoms with van der Waals surface area (Å²) in [5.41, 5.74) is 6.61. The van der Waals surface area contributed by atoms with Crippen molar-refractivity contribution in [1.29, 1.82) is 0 Å². The number of piperidine rings is 2. The zero-order valence-corrected chi connectivity index (χ0v) is 36.4. The third-order valence-electron chi connectivity index (χ3n) is 13.2. The van der Waals surface area contributed by atoms with Gasteiger partial charge < -0.3 is 11.2 Å². The van der Waals surface area contributed by atoms with Gasteiger partial charge in [-0.3, -0.25) is 14.2 Å². The molecular weight excluding hydrogens is 787 g/mol. The summed E-state index contributed by atoms with van der Waals surface area (Å²) in [6.45, 7) is 9.69. The third kappa shape index (κ3) is 11.5. The van der Waals surface area contributed by atoms with Crippen LogP contribution in [0.25, 0.3) is 0 Å². The van der Waals surface area contributed by atoms with Crippen LogP contribution in [0.5, 0.6) is 0 Å². The number of hydrogen-bond donors (Lipinski definition) is 2. The van der Waals surface area contributed by atoms with Crippen LogP contribution < -0.4 is 28.3 Å². The minimum absolute atomic E-state index is 0. The zero-order chi connectivity index (χ0) is 40.4. The predicted octanol–water partition coefficient (Wildman–Crippen LogP) is 3.26. The summed E-state index contributed by atoms with van der Waals surface area (Å²) in [6.07, 6.45) is 8.43. The molecule has 0 radical (unpaired) electrons. The number of likely N-dealkylation sites (tertiary alicyclic amines) is 2. The Morgan fingerprint density at radius 3 is 1.49 bits per heavy atom. The van der Waals surface area contributed by atoms with Gasteiger partial charge in [-0.05, 0) is 109 Å². The van der Waals surface area contributed by atoms with E-state index < -0.39 is 20.0 Å². The number of sulfonamides is 2. The van der Waals surface area contributed by atoms with Gasteiger partial charge in [0.2, 0.25) is 26.0 Å². The van der Waals surface area contributed by atoms with Crippen LogP contribution in [0.3, 0.4) is 0 Å². The van der Waals surface area contributed by atoms with Gasteiger partial charge >= 0.3 is 18.9 Å². The molecule has 2 heterocycles. The first-order chi connectivity index (χ1) is 27.1. The Balaban J connectivity index is 0.000000252. The van der Waals surface area contributed by atoms with E-state index in [0.29, 0.717) is 41.5 Å². The van der Waals surface area contributed by atoms with Gasteiger partial charge in [0.15, 0.2) is 17.4 Å². The summed E-state index contributed by atoms with van der Waals surface area (Å²) < 4.78 is 51.2. The van der Waals surface area contributed by atoms with Crippen LogP contribution in [-0.4, -0.2) is 95.1 Å². The molecule has 0 spiro atoms. The van der Waals surface area contributed by atoms with Gasteiger partial charge in [-0.1, -0.05) is 98.8 Å². The maximum atomic E-state index is 12.6. The quantitative estimate of drug-likeness (QED) is 0.140. The number of hydrogen-bond acceptors (Lipinski definition) is 6. The molecule has 312 valence electrons. The molecule has 4 atom stereocenters. The summed E-state index contributed by atoms with van der Waals surface area (Å²) in [7, 11) is -6.53. The largest absolute Gasteiger partial charge is 1.00 e. The van der Waals surface area contributed by atoms with Crippen LogP contribution >= 0.6 is 0 Å². The fraction of sp³-hybridized carbons (Fsp3) is 0.457. The maximum absolute atomic E-state index is 12.6. The zero-order valence-electron chi connectivity index (χ0n) is 35.7. The Hall–Kier alpha value is -3.06. The molecule has 0 aromatic heterocycles. The number of benzene rings is 4. The molecule has 9 nitrogen and oxygen atoms in total. The average molecular weight is 849 g/mol. The monoisotopic (exact) mass is 848 g/mol. The van der Waals surface area contributed by atoms with Crippen LogP contribution in [0.15, 0.2) is 109 Å². The molecule has 1 amide bonds. The van der Waals surface area contributed by atoms with Crippen molar-refractivity contribution in [2.45, 2.75) is 63.2 Å². The van der Waals surface area contributed by atoms with E-state index in [9.17, 15) is 21.6 Å². The molecule has 0 bridgehead atoms. The van der Waals surface area contributed by atoms with E-state index in [1.165, 1.54) is 48.8 Å². The second-order valence-electron chi connectivity index (χ2n) is 17.2. The van der Waals surface area contributed by atoms with E-state index in [0.717, 1.165) is 50.8 Å². The van der Waals surface area contributed by atoms with Crippen LogP contribution in [0.1, 0.15) is 63.2 Å². The van der Waals surface area contributed by atoms with E-state index in [2.05, 4.69) is 82.8 Å². The molecule has 4 aromatic carbocycles. The molecule has 2 saturated carbocycles. The Morgan fingerprint density at radius 2 is 1.05 bits per heavy atom. The molecule has 4 aliphatic rings. The number of nitrogens with one attached hydrogen (secondary N) is 2. The molecular formula is C46H62AlLiN4O5S2. The molecule has 2 aliphatic heterocycles. The Labute approximate surface area is 377 Å². The average Bonchev–Trinajstić information content (AvgIpc) is 3.64. The standard InChI is InChI=1S/C23H28N2O3S.C23H30N2O2S.Al.Li.4H/c1-23(18-11-7-12-19(14-18)24-29(2,27)28)20-15-25(16-21(20)23)22(26)13-6-10-17-8-4-3-5-9-17;1-23(19-12-8-13-20(15-19)24-28(2,26)27)21-16-25(17-22(21)23)14-7-6-11-18-9-4-3-5-10-18;;;;;;/h3-5,7-9,11-12,14,20-21,24H,6,10,13,15-16H2,1-2H3;3-5,8-10,12-13,15,21-22,24H,6-7,11,14,16-17H2,1-2H3;;;;;;/q;;;+1;;;;-1. The molecule has 4 fully saturated rings. The van der Waals surface area contributed by atoms with Crippen molar-refractivity contribution in [2.75, 3.05) is 54.7 Å². The van der Waals surface area contributed by atoms with Crippen molar-refractivity contribution in [3.8, 4) is 0 Å². The van der Waals surface area contributed by atoms with Crippen LogP contribution in [0.2, 0.25) is 0 Å². The van der Waals surface area contributed by atoms with Gasteiger partial charge in [-0.2, -0.15) is 0 Å². The van der Waals surface area contributed by atoms with Crippen molar-refractivity contribution >= 4 is 54.7 Å². The van der Waals surface area contributed by atoms with Crippen LogP contribution in [0.4, 0.5) is 11.4 Å². The molecule has 4 aromatic rings. The van der Waals surface area contributed by atoms with Gasteiger partial charge in [-0.25, -0.2) is 16.8 Å². The van der Waals surface area contributed by atoms with E-state index >= 15 is 0 Å². The first kappa shape index (κ1) is 47.0. The van der Waals surface area contributed by atoms with Crippen LogP contribution in [-0.2, 0) is 48.5 Å². The third-order valence-corrected chi connectivity index (χ3v) is 14.5.